The van der Waals surface area contributed by atoms with E-state index in [9.17, 15) is 25.4 Å². The summed E-state index contributed by atoms with van der Waals surface area (Å²) in [5.74, 6) is 0. The Bertz CT molecular complexity index is 537. The molecule has 0 aromatic heterocycles. The Kier molecular flexibility index (Phi) is 4.43. The van der Waals surface area contributed by atoms with E-state index >= 15 is 0 Å². The second-order valence-corrected chi connectivity index (χ2v) is 5.13. The number of rotatable bonds is 3. The fourth-order valence-electron chi connectivity index (χ4n) is 2.25. The molecule has 1 aromatic rings. The third kappa shape index (κ3) is 3.13. The summed E-state index contributed by atoms with van der Waals surface area (Å²) in [4.78, 5) is 10.2. The quantitative estimate of drug-likeness (QED) is 0.462. The predicted molar refractivity (Wildman–Crippen MR) is 73.8 cm³/mol. The van der Waals surface area contributed by atoms with Crippen LogP contribution in [0.25, 0.3) is 0 Å². The van der Waals surface area contributed by atoms with Crippen LogP contribution in [0.1, 0.15) is 12.5 Å². The van der Waals surface area contributed by atoms with E-state index in [1.165, 1.54) is 18.2 Å². The molecule has 1 fully saturated rings. The van der Waals surface area contributed by atoms with E-state index in [-0.39, 0.29) is 5.69 Å². The Morgan fingerprint density at radius 3 is 2.48 bits per heavy atom. The number of aliphatic hydroxyl groups is 3. The van der Waals surface area contributed by atoms with Crippen molar-refractivity contribution in [2.45, 2.75) is 44.5 Å². The Hall–Kier alpha value is -1.74. The maximum Gasteiger partial charge on any atom is 0.269 e. The number of aryl methyl sites for hydroxylation is 1. The van der Waals surface area contributed by atoms with Crippen LogP contribution in [0.4, 0.5) is 11.4 Å². The van der Waals surface area contributed by atoms with E-state index in [0.29, 0.717) is 11.3 Å². The van der Waals surface area contributed by atoms with Gasteiger partial charge in [0.05, 0.1) is 11.0 Å². The highest BCUT2D eigenvalue weighted by Crippen LogP contribution is 2.26. The molecule has 0 spiro atoms. The predicted octanol–water partition coefficient (Wildman–Crippen LogP) is 0.143. The molecular weight excluding hydrogens is 280 g/mol. The zero-order valence-corrected chi connectivity index (χ0v) is 11.6. The minimum absolute atomic E-state index is 0.0352. The molecule has 8 nitrogen and oxygen atoms in total. The molecule has 21 heavy (non-hydrogen) atoms. The molecule has 1 aromatic carbocycles. The topological polar surface area (TPSA) is 125 Å². The molecule has 0 bridgehead atoms. The van der Waals surface area contributed by atoms with Crippen molar-refractivity contribution in [1.29, 1.82) is 0 Å². The van der Waals surface area contributed by atoms with Crippen LogP contribution in [0, 0.1) is 17.0 Å². The number of aliphatic hydroxyl groups excluding tert-OH is 3. The Balaban J connectivity index is 2.16. The normalized spacial score (nSPS) is 32.7. The van der Waals surface area contributed by atoms with Gasteiger partial charge in [-0.25, -0.2) is 0 Å². The fraction of sp³-hybridized carbons (Fsp3) is 0.538. The van der Waals surface area contributed by atoms with Gasteiger partial charge in [0, 0.05) is 17.8 Å². The van der Waals surface area contributed by atoms with Crippen molar-refractivity contribution in [1.82, 2.24) is 0 Å². The summed E-state index contributed by atoms with van der Waals surface area (Å²) in [5, 5.41) is 42.8. The van der Waals surface area contributed by atoms with Gasteiger partial charge in [0.1, 0.15) is 18.3 Å². The van der Waals surface area contributed by atoms with Crippen LogP contribution in [-0.2, 0) is 4.74 Å². The molecule has 116 valence electrons. The number of nitro benzene ring substituents is 1. The Morgan fingerprint density at radius 1 is 1.24 bits per heavy atom. The lowest BCUT2D eigenvalue weighted by atomic mass is 9.99. The fourth-order valence-corrected chi connectivity index (χ4v) is 2.25. The summed E-state index contributed by atoms with van der Waals surface area (Å²) in [6.45, 7) is 3.26. The van der Waals surface area contributed by atoms with Gasteiger partial charge in [0.2, 0.25) is 0 Å². The average molecular weight is 298 g/mol. The first kappa shape index (κ1) is 15.6. The Labute approximate surface area is 121 Å². The molecule has 1 heterocycles. The van der Waals surface area contributed by atoms with Crippen LogP contribution in [0.5, 0.6) is 0 Å². The molecule has 0 unspecified atom stereocenters. The van der Waals surface area contributed by atoms with Gasteiger partial charge >= 0.3 is 0 Å². The first-order chi connectivity index (χ1) is 9.81. The molecule has 5 atom stereocenters. The zero-order valence-electron chi connectivity index (χ0n) is 11.6. The third-order valence-corrected chi connectivity index (χ3v) is 3.57. The van der Waals surface area contributed by atoms with Crippen molar-refractivity contribution in [2.24, 2.45) is 0 Å². The van der Waals surface area contributed by atoms with Gasteiger partial charge in [-0.15, -0.1) is 0 Å². The van der Waals surface area contributed by atoms with Gasteiger partial charge in [0.25, 0.3) is 5.69 Å². The highest BCUT2D eigenvalue weighted by atomic mass is 16.6. The summed E-state index contributed by atoms with van der Waals surface area (Å²) in [6.07, 6.45) is -5.38. The summed E-state index contributed by atoms with van der Waals surface area (Å²) < 4.78 is 5.41. The molecule has 0 radical (unpaired) electrons. The molecule has 1 aliphatic heterocycles. The first-order valence-corrected chi connectivity index (χ1v) is 6.52. The van der Waals surface area contributed by atoms with E-state index < -0.39 is 35.6 Å². The highest BCUT2D eigenvalue weighted by Gasteiger charge is 2.41. The van der Waals surface area contributed by atoms with Crippen molar-refractivity contribution < 1.29 is 25.0 Å². The largest absolute Gasteiger partial charge is 0.388 e. The van der Waals surface area contributed by atoms with Crippen LogP contribution in [0.2, 0.25) is 0 Å². The summed E-state index contributed by atoms with van der Waals surface area (Å²) in [7, 11) is 0. The second kappa shape index (κ2) is 5.94. The van der Waals surface area contributed by atoms with Crippen LogP contribution in [0.15, 0.2) is 18.2 Å². The molecule has 8 heteroatoms. The number of nitrogens with zero attached hydrogens (tertiary/aromatic N) is 1. The number of nitrogens with one attached hydrogen (secondary N) is 1. The van der Waals surface area contributed by atoms with Gasteiger partial charge in [-0.3, -0.25) is 10.1 Å². The Morgan fingerprint density at radius 2 is 1.90 bits per heavy atom. The van der Waals surface area contributed by atoms with E-state index in [1.807, 2.05) is 0 Å². The maximum absolute atomic E-state index is 10.7. The highest BCUT2D eigenvalue weighted by molar-refractivity contribution is 5.55. The number of non-ortho nitro benzene ring substituents is 1. The van der Waals surface area contributed by atoms with E-state index in [4.69, 9.17) is 4.74 Å². The average Bonchev–Trinajstić information content (AvgIpc) is 2.44. The van der Waals surface area contributed by atoms with Crippen LogP contribution in [0.3, 0.4) is 0 Å². The van der Waals surface area contributed by atoms with Gasteiger partial charge in [-0.1, -0.05) is 0 Å². The van der Waals surface area contributed by atoms with Gasteiger partial charge < -0.3 is 25.4 Å². The van der Waals surface area contributed by atoms with E-state index in [2.05, 4.69) is 5.32 Å². The van der Waals surface area contributed by atoms with Crippen LogP contribution in [-0.4, -0.2) is 50.9 Å². The van der Waals surface area contributed by atoms with E-state index in [1.54, 1.807) is 13.8 Å². The number of benzene rings is 1. The number of hydrogen-bond acceptors (Lipinski definition) is 7. The molecule has 1 aliphatic rings. The standard InChI is InChI=1S/C13H18N2O6/c1-6-5-8(15(19)20)3-4-9(6)14-13-12(18)11(17)10(16)7(2)21-13/h3-5,7,10-14,16-18H,1-2H3/t7-,10+,11+,12+,13-/m1/s1. The van der Waals surface area contributed by atoms with Crippen molar-refractivity contribution >= 4 is 11.4 Å². The van der Waals surface area contributed by atoms with Gasteiger partial charge in [-0.2, -0.15) is 0 Å². The second-order valence-electron chi connectivity index (χ2n) is 5.13. The van der Waals surface area contributed by atoms with Crippen molar-refractivity contribution in [3.63, 3.8) is 0 Å². The SMILES string of the molecule is Cc1cc([N+](=O)[O-])ccc1N[C@@H]1O[C@H](C)[C@H](O)[C@H](O)[C@@H]1O. The summed E-state index contributed by atoms with van der Waals surface area (Å²) in [6, 6.07) is 4.23. The molecule has 4 N–H and O–H groups in total. The minimum atomic E-state index is -1.33. The van der Waals surface area contributed by atoms with Gasteiger partial charge in [0.15, 0.2) is 6.23 Å². The smallest absolute Gasteiger partial charge is 0.269 e. The number of nitro groups is 1. The van der Waals surface area contributed by atoms with Crippen molar-refractivity contribution in [3.8, 4) is 0 Å². The summed E-state index contributed by atoms with van der Waals surface area (Å²) in [5.41, 5.74) is 1.11. The third-order valence-electron chi connectivity index (χ3n) is 3.57. The monoisotopic (exact) mass is 298 g/mol. The number of ether oxygens (including phenoxy) is 1. The van der Waals surface area contributed by atoms with Gasteiger partial charge in [-0.05, 0) is 25.5 Å². The molecule has 0 saturated carbocycles. The lowest BCUT2D eigenvalue weighted by Gasteiger charge is -2.40. The van der Waals surface area contributed by atoms with E-state index in [0.717, 1.165) is 0 Å². The van der Waals surface area contributed by atoms with Crippen LogP contribution < -0.4 is 5.32 Å². The maximum atomic E-state index is 10.7. The lowest BCUT2D eigenvalue weighted by molar-refractivity contribution is -0.384. The molecular formula is C13H18N2O6. The lowest BCUT2D eigenvalue weighted by Crippen LogP contribution is -2.58. The van der Waals surface area contributed by atoms with Crippen molar-refractivity contribution in [2.75, 3.05) is 5.32 Å². The first-order valence-electron chi connectivity index (χ1n) is 6.52. The minimum Gasteiger partial charge on any atom is -0.388 e. The molecule has 0 amide bonds. The number of hydrogen-bond donors (Lipinski definition) is 4. The van der Waals surface area contributed by atoms with Crippen LogP contribution >= 0.6 is 0 Å². The summed E-state index contributed by atoms with van der Waals surface area (Å²) >= 11 is 0. The zero-order chi connectivity index (χ0) is 15.7. The molecule has 1 saturated heterocycles. The molecule has 2 rings (SSSR count). The van der Waals surface area contributed by atoms with Crippen molar-refractivity contribution in [3.05, 3.63) is 33.9 Å². The number of anilines is 1. The molecule has 0 aliphatic carbocycles.